The number of benzene rings is 3. The SMILES string of the molecule is COC(=O)[C@H](Cc1ccccc1)NC(=O)NCc1ccc([C@@H]2O[C@H](CN(C)CCc3ccccn3)C[C@H](c3ccc(CO)cc3)O2)cc1. The van der Waals surface area contributed by atoms with Crippen LogP contribution in [0.15, 0.2) is 103 Å². The Balaban J connectivity index is 1.20. The van der Waals surface area contributed by atoms with Crippen LogP contribution in [-0.2, 0) is 45.0 Å². The third-order valence-corrected chi connectivity index (χ3v) is 8.38. The molecule has 5 rings (SSSR count). The van der Waals surface area contributed by atoms with Crippen LogP contribution in [0.4, 0.5) is 4.79 Å². The second-order valence-corrected chi connectivity index (χ2v) is 12.0. The number of nitrogens with one attached hydrogen (secondary N) is 2. The highest BCUT2D eigenvalue weighted by molar-refractivity contribution is 5.83. The second kappa shape index (κ2) is 17.5. The van der Waals surface area contributed by atoms with Gasteiger partial charge in [0.05, 0.1) is 25.9 Å². The number of aliphatic hydroxyl groups is 1. The van der Waals surface area contributed by atoms with Crippen molar-refractivity contribution in [3.05, 3.63) is 137 Å². The number of hydrogen-bond acceptors (Lipinski definition) is 8. The lowest BCUT2D eigenvalue weighted by Crippen LogP contribution is -2.47. The van der Waals surface area contributed by atoms with E-state index in [9.17, 15) is 14.7 Å². The Morgan fingerprint density at radius 1 is 0.917 bits per heavy atom. The number of amides is 2. The molecule has 10 nitrogen and oxygen atoms in total. The number of aromatic nitrogens is 1. The Morgan fingerprint density at radius 2 is 1.62 bits per heavy atom. The molecule has 1 saturated heterocycles. The van der Waals surface area contributed by atoms with Gasteiger partial charge in [0.25, 0.3) is 0 Å². The van der Waals surface area contributed by atoms with Crippen molar-refractivity contribution >= 4 is 12.0 Å². The summed E-state index contributed by atoms with van der Waals surface area (Å²) in [6, 6.07) is 29.8. The Labute approximate surface area is 282 Å². The minimum atomic E-state index is -0.810. The fourth-order valence-corrected chi connectivity index (χ4v) is 5.69. The Morgan fingerprint density at radius 3 is 2.31 bits per heavy atom. The molecule has 4 aromatic rings. The van der Waals surface area contributed by atoms with E-state index in [0.717, 1.165) is 53.0 Å². The van der Waals surface area contributed by atoms with Crippen LogP contribution in [0.5, 0.6) is 0 Å². The number of aliphatic hydroxyl groups excluding tert-OH is 1. The van der Waals surface area contributed by atoms with Gasteiger partial charge < -0.3 is 34.9 Å². The third-order valence-electron chi connectivity index (χ3n) is 8.38. The molecule has 1 fully saturated rings. The molecule has 0 radical (unpaired) electrons. The number of ether oxygens (including phenoxy) is 3. The maximum absolute atomic E-state index is 12.7. The first-order valence-corrected chi connectivity index (χ1v) is 16.2. The van der Waals surface area contributed by atoms with Crippen LogP contribution in [0.2, 0.25) is 0 Å². The van der Waals surface area contributed by atoms with Gasteiger partial charge in [0.1, 0.15) is 6.04 Å². The van der Waals surface area contributed by atoms with E-state index < -0.39 is 24.3 Å². The molecule has 48 heavy (non-hydrogen) atoms. The van der Waals surface area contributed by atoms with Crippen LogP contribution >= 0.6 is 0 Å². The summed E-state index contributed by atoms with van der Waals surface area (Å²) in [5.74, 6) is -0.508. The highest BCUT2D eigenvalue weighted by Gasteiger charge is 2.33. The third kappa shape index (κ3) is 10.2. The van der Waals surface area contributed by atoms with Gasteiger partial charge in [0.15, 0.2) is 6.29 Å². The normalized spacial score (nSPS) is 18.2. The van der Waals surface area contributed by atoms with Crippen LogP contribution < -0.4 is 10.6 Å². The van der Waals surface area contributed by atoms with Gasteiger partial charge in [-0.05, 0) is 41.4 Å². The van der Waals surface area contributed by atoms with E-state index in [1.54, 1.807) is 0 Å². The number of urea groups is 1. The topological polar surface area (TPSA) is 122 Å². The molecular formula is C38H44N4O6. The lowest BCUT2D eigenvalue weighted by atomic mass is 9.99. The predicted octanol–water partition coefficient (Wildman–Crippen LogP) is 4.88. The van der Waals surface area contributed by atoms with Crippen molar-refractivity contribution in [2.45, 2.75) is 57.0 Å². The zero-order valence-corrected chi connectivity index (χ0v) is 27.5. The van der Waals surface area contributed by atoms with Gasteiger partial charge in [-0.15, -0.1) is 0 Å². The number of esters is 1. The number of carbonyl (C=O) groups excluding carboxylic acids is 2. The lowest BCUT2D eigenvalue weighted by molar-refractivity contribution is -0.252. The standard InChI is InChI=1S/C38H44N4O6/c1-42(21-19-32-10-6-7-20-39-32)25-33-23-35(30-15-13-29(26-43)14-16-30)48-37(47-33)31-17-11-28(12-18-31)24-40-38(45)41-34(36(44)46-2)22-27-8-4-3-5-9-27/h3-18,20,33-35,37,43H,19,21-26H2,1-2H3,(H2,40,41,45)/t33-,34-,35+,37+/m0/s1. The molecule has 0 spiro atoms. The van der Waals surface area contributed by atoms with Crippen molar-refractivity contribution in [2.75, 3.05) is 27.2 Å². The zero-order valence-electron chi connectivity index (χ0n) is 27.5. The largest absolute Gasteiger partial charge is 0.467 e. The molecule has 10 heteroatoms. The maximum atomic E-state index is 12.7. The van der Waals surface area contributed by atoms with Crippen LogP contribution in [0.25, 0.3) is 0 Å². The summed E-state index contributed by atoms with van der Waals surface area (Å²) >= 11 is 0. The van der Waals surface area contributed by atoms with Crippen molar-refractivity contribution in [2.24, 2.45) is 0 Å². The molecular weight excluding hydrogens is 608 g/mol. The number of hydrogen-bond donors (Lipinski definition) is 3. The van der Waals surface area contributed by atoms with Crippen molar-refractivity contribution in [3.8, 4) is 0 Å². The predicted molar refractivity (Wildman–Crippen MR) is 182 cm³/mol. The van der Waals surface area contributed by atoms with E-state index in [1.165, 1.54) is 7.11 Å². The van der Waals surface area contributed by atoms with E-state index >= 15 is 0 Å². The molecule has 1 aromatic heterocycles. The van der Waals surface area contributed by atoms with E-state index in [-0.39, 0.29) is 25.4 Å². The van der Waals surface area contributed by atoms with Crippen molar-refractivity contribution < 1.29 is 28.9 Å². The monoisotopic (exact) mass is 652 g/mol. The molecule has 0 saturated carbocycles. The lowest BCUT2D eigenvalue weighted by Gasteiger charge is -2.38. The molecule has 4 atom stereocenters. The van der Waals surface area contributed by atoms with Gasteiger partial charge in [0.2, 0.25) is 0 Å². The number of carbonyl (C=O) groups is 2. The summed E-state index contributed by atoms with van der Waals surface area (Å²) in [5.41, 5.74) is 5.60. The zero-order chi connectivity index (χ0) is 33.7. The fourth-order valence-electron chi connectivity index (χ4n) is 5.69. The van der Waals surface area contributed by atoms with E-state index in [1.807, 2.05) is 103 Å². The molecule has 3 N–H and O–H groups in total. The molecule has 2 amide bonds. The first kappa shape index (κ1) is 34.7. The second-order valence-electron chi connectivity index (χ2n) is 12.0. The highest BCUT2D eigenvalue weighted by Crippen LogP contribution is 2.38. The minimum Gasteiger partial charge on any atom is -0.467 e. The molecule has 2 heterocycles. The van der Waals surface area contributed by atoms with Gasteiger partial charge in [-0.25, -0.2) is 9.59 Å². The molecule has 0 aliphatic carbocycles. The Kier molecular flexibility index (Phi) is 12.7. The summed E-state index contributed by atoms with van der Waals surface area (Å²) in [6.07, 6.45) is 2.83. The summed E-state index contributed by atoms with van der Waals surface area (Å²) in [4.78, 5) is 31.8. The van der Waals surface area contributed by atoms with Crippen LogP contribution in [0.1, 0.15) is 52.3 Å². The first-order valence-electron chi connectivity index (χ1n) is 16.2. The van der Waals surface area contributed by atoms with Crippen molar-refractivity contribution in [3.63, 3.8) is 0 Å². The van der Waals surface area contributed by atoms with Gasteiger partial charge in [-0.1, -0.05) is 84.9 Å². The van der Waals surface area contributed by atoms with Gasteiger partial charge >= 0.3 is 12.0 Å². The average molecular weight is 653 g/mol. The van der Waals surface area contributed by atoms with E-state index in [0.29, 0.717) is 12.8 Å². The molecule has 1 aliphatic rings. The van der Waals surface area contributed by atoms with Crippen molar-refractivity contribution in [1.29, 1.82) is 0 Å². The minimum absolute atomic E-state index is 0.0103. The molecule has 3 aromatic carbocycles. The van der Waals surface area contributed by atoms with Gasteiger partial charge in [-0.3, -0.25) is 4.98 Å². The number of pyridine rings is 1. The van der Waals surface area contributed by atoms with E-state index in [4.69, 9.17) is 14.2 Å². The smallest absolute Gasteiger partial charge is 0.328 e. The van der Waals surface area contributed by atoms with Crippen molar-refractivity contribution in [1.82, 2.24) is 20.5 Å². The molecule has 0 unspecified atom stereocenters. The number of rotatable bonds is 14. The summed E-state index contributed by atoms with van der Waals surface area (Å²) < 4.78 is 17.9. The van der Waals surface area contributed by atoms with Gasteiger partial charge in [-0.2, -0.15) is 0 Å². The molecule has 1 aliphatic heterocycles. The maximum Gasteiger partial charge on any atom is 0.328 e. The number of likely N-dealkylation sites (N-methyl/N-ethyl adjacent to an activating group) is 1. The Hall–Kier alpha value is -4.61. The van der Waals surface area contributed by atoms with Crippen LogP contribution in [0.3, 0.4) is 0 Å². The fraction of sp³-hybridized carbons (Fsp3) is 0.342. The summed E-state index contributed by atoms with van der Waals surface area (Å²) in [6.45, 7) is 1.83. The average Bonchev–Trinajstić information content (AvgIpc) is 3.13. The van der Waals surface area contributed by atoms with E-state index in [2.05, 4.69) is 27.6 Å². The Bertz CT molecular complexity index is 1570. The highest BCUT2D eigenvalue weighted by atomic mass is 16.7. The quantitative estimate of drug-likeness (QED) is 0.165. The summed E-state index contributed by atoms with van der Waals surface area (Å²) in [5, 5.41) is 15.1. The van der Waals surface area contributed by atoms with Gasteiger partial charge in [0, 0.05) is 56.4 Å². The summed E-state index contributed by atoms with van der Waals surface area (Å²) in [7, 11) is 3.40. The number of nitrogens with zero attached hydrogens (tertiary/aromatic N) is 2. The molecule has 252 valence electrons. The first-order chi connectivity index (χ1) is 23.4. The van der Waals surface area contributed by atoms with Crippen LogP contribution in [-0.4, -0.2) is 66.4 Å². The molecule has 0 bridgehead atoms. The number of methoxy groups -OCH3 is 1. The van der Waals surface area contributed by atoms with Crippen LogP contribution in [0, 0.1) is 0 Å².